The zero-order chi connectivity index (χ0) is 26.9. The lowest BCUT2D eigenvalue weighted by Gasteiger charge is -2.40. The van der Waals surface area contributed by atoms with Crippen LogP contribution in [0.5, 0.6) is 0 Å². The van der Waals surface area contributed by atoms with E-state index in [0.717, 1.165) is 42.4 Å². The van der Waals surface area contributed by atoms with Gasteiger partial charge in [0.2, 0.25) is 0 Å². The van der Waals surface area contributed by atoms with Crippen molar-refractivity contribution in [2.45, 2.75) is 106 Å². The van der Waals surface area contributed by atoms with Crippen molar-refractivity contribution in [3.8, 4) is 6.07 Å². The highest BCUT2D eigenvalue weighted by Gasteiger charge is 2.43. The molecule has 1 N–H and O–H groups in total. The number of benzene rings is 1. The van der Waals surface area contributed by atoms with Gasteiger partial charge in [-0.15, -0.1) is 0 Å². The number of allylic oxidation sites excluding steroid dienone is 2. The van der Waals surface area contributed by atoms with Crippen molar-refractivity contribution in [1.82, 2.24) is 0 Å². The summed E-state index contributed by atoms with van der Waals surface area (Å²) in [5.41, 5.74) is 6.35. The van der Waals surface area contributed by atoms with Gasteiger partial charge in [-0.05, 0) is 119 Å². The standard InChI is InChI=1S/C32H45NO3/c1-18-10-13-24(14-11-19(18)2)28-23(6)27(25-15-12-20(3)21(4)16-25)26(17-33)22(5)29(28)30(31(34)35)36-32(7,8)9/h12,15-16,18-19,23-24,27,30H,10-11,13-14H2,1-9H3,(H,34,35). The van der Waals surface area contributed by atoms with Gasteiger partial charge in [-0.3, -0.25) is 0 Å². The van der Waals surface area contributed by atoms with Crippen LogP contribution in [0.4, 0.5) is 0 Å². The SMILES string of the molecule is CC1=C(C#N)C(c2ccc(C)c(C)c2)C(C)C(C2CCC(C)C(C)CC2)=C1C(OC(C)(C)C)C(=O)O. The maximum Gasteiger partial charge on any atom is 0.337 e. The third-order valence-corrected chi connectivity index (χ3v) is 8.74. The van der Waals surface area contributed by atoms with Crippen molar-refractivity contribution in [1.29, 1.82) is 5.26 Å². The molecule has 0 radical (unpaired) electrons. The first-order chi connectivity index (χ1) is 16.8. The Kier molecular flexibility index (Phi) is 8.56. The molecule has 2 aliphatic carbocycles. The number of hydrogen-bond donors (Lipinski definition) is 1. The molecule has 0 aliphatic heterocycles. The van der Waals surface area contributed by atoms with E-state index in [-0.39, 0.29) is 17.8 Å². The molecular weight excluding hydrogens is 446 g/mol. The fourth-order valence-corrected chi connectivity index (χ4v) is 6.32. The second-order valence-electron chi connectivity index (χ2n) is 12.4. The Morgan fingerprint density at radius 3 is 2.08 bits per heavy atom. The number of nitriles is 1. The Morgan fingerprint density at radius 2 is 1.61 bits per heavy atom. The third-order valence-electron chi connectivity index (χ3n) is 8.74. The fourth-order valence-electron chi connectivity index (χ4n) is 6.32. The van der Waals surface area contributed by atoms with Crippen LogP contribution in [0.3, 0.4) is 0 Å². The summed E-state index contributed by atoms with van der Waals surface area (Å²) in [6, 6.07) is 8.99. The second-order valence-corrected chi connectivity index (χ2v) is 12.4. The van der Waals surface area contributed by atoms with Gasteiger partial charge in [-0.25, -0.2) is 4.79 Å². The molecule has 1 aromatic rings. The average Bonchev–Trinajstić information content (AvgIpc) is 2.95. The smallest absolute Gasteiger partial charge is 0.337 e. The van der Waals surface area contributed by atoms with E-state index in [9.17, 15) is 15.2 Å². The second kappa shape index (κ2) is 10.9. The highest BCUT2D eigenvalue weighted by Crippen LogP contribution is 2.51. The van der Waals surface area contributed by atoms with E-state index < -0.39 is 17.7 Å². The summed E-state index contributed by atoms with van der Waals surface area (Å²) in [6.45, 7) is 18.7. The monoisotopic (exact) mass is 491 g/mol. The number of nitrogens with zero attached hydrogens (tertiary/aromatic N) is 1. The van der Waals surface area contributed by atoms with Gasteiger partial charge < -0.3 is 9.84 Å². The van der Waals surface area contributed by atoms with Gasteiger partial charge in [0.25, 0.3) is 0 Å². The molecule has 4 nitrogen and oxygen atoms in total. The molecule has 196 valence electrons. The summed E-state index contributed by atoms with van der Waals surface area (Å²) in [7, 11) is 0. The van der Waals surface area contributed by atoms with Crippen molar-refractivity contribution < 1.29 is 14.6 Å². The first-order valence-electron chi connectivity index (χ1n) is 13.6. The summed E-state index contributed by atoms with van der Waals surface area (Å²) in [5, 5.41) is 20.8. The van der Waals surface area contributed by atoms with E-state index in [0.29, 0.717) is 17.4 Å². The minimum absolute atomic E-state index is 0.0135. The Morgan fingerprint density at radius 1 is 1.03 bits per heavy atom. The molecule has 2 aliphatic rings. The summed E-state index contributed by atoms with van der Waals surface area (Å²) in [5.74, 6) is 0.537. The summed E-state index contributed by atoms with van der Waals surface area (Å²) < 4.78 is 6.22. The van der Waals surface area contributed by atoms with Crippen molar-refractivity contribution in [3.63, 3.8) is 0 Å². The molecule has 1 fully saturated rings. The number of rotatable bonds is 5. The van der Waals surface area contributed by atoms with Crippen molar-refractivity contribution in [3.05, 3.63) is 57.2 Å². The van der Waals surface area contributed by atoms with Gasteiger partial charge in [-0.1, -0.05) is 44.5 Å². The molecule has 5 unspecified atom stereocenters. The number of carboxylic acid groups (broad SMARTS) is 1. The van der Waals surface area contributed by atoms with Crippen LogP contribution in [0.1, 0.15) is 96.8 Å². The molecular formula is C32H45NO3. The normalized spacial score (nSPS) is 28.5. The molecule has 0 aromatic heterocycles. The van der Waals surface area contributed by atoms with E-state index >= 15 is 0 Å². The number of aryl methyl sites for hydroxylation is 2. The highest BCUT2D eigenvalue weighted by atomic mass is 16.5. The number of hydrogen-bond acceptors (Lipinski definition) is 3. The lowest BCUT2D eigenvalue weighted by Crippen LogP contribution is -2.39. The van der Waals surface area contributed by atoms with E-state index in [1.807, 2.05) is 27.7 Å². The number of ether oxygens (including phenoxy) is 1. The molecule has 0 saturated heterocycles. The lowest BCUT2D eigenvalue weighted by molar-refractivity contribution is -0.155. The molecule has 0 amide bonds. The Hall–Kier alpha value is -2.38. The zero-order valence-electron chi connectivity index (χ0n) is 23.7. The molecule has 1 saturated carbocycles. The van der Waals surface area contributed by atoms with E-state index in [2.05, 4.69) is 58.9 Å². The van der Waals surface area contributed by atoms with E-state index in [4.69, 9.17) is 4.74 Å². The van der Waals surface area contributed by atoms with Crippen LogP contribution < -0.4 is 0 Å². The third kappa shape index (κ3) is 5.78. The predicted molar refractivity (Wildman–Crippen MR) is 146 cm³/mol. The Labute approximate surface area is 218 Å². The first kappa shape index (κ1) is 28.2. The van der Waals surface area contributed by atoms with Crippen molar-refractivity contribution in [2.75, 3.05) is 0 Å². The largest absolute Gasteiger partial charge is 0.479 e. The minimum Gasteiger partial charge on any atom is -0.479 e. The topological polar surface area (TPSA) is 70.3 Å². The van der Waals surface area contributed by atoms with E-state index in [1.165, 1.54) is 16.7 Å². The maximum atomic E-state index is 12.7. The maximum absolute atomic E-state index is 12.7. The number of carboxylic acids is 1. The number of aliphatic carboxylic acids is 1. The summed E-state index contributed by atoms with van der Waals surface area (Å²) >= 11 is 0. The predicted octanol–water partition coefficient (Wildman–Crippen LogP) is 7.90. The molecule has 36 heavy (non-hydrogen) atoms. The molecule has 0 bridgehead atoms. The Bertz CT molecular complexity index is 1090. The van der Waals surface area contributed by atoms with Crippen LogP contribution in [0.25, 0.3) is 0 Å². The van der Waals surface area contributed by atoms with Gasteiger partial charge in [0.05, 0.1) is 11.7 Å². The van der Waals surface area contributed by atoms with Crippen LogP contribution in [0.15, 0.2) is 40.5 Å². The molecule has 5 atom stereocenters. The molecule has 1 aromatic carbocycles. The fraction of sp³-hybridized carbons (Fsp3) is 0.625. The van der Waals surface area contributed by atoms with Gasteiger partial charge in [-0.2, -0.15) is 5.26 Å². The average molecular weight is 492 g/mol. The minimum atomic E-state index is -1.09. The van der Waals surface area contributed by atoms with Crippen LogP contribution in [0.2, 0.25) is 0 Å². The number of carbonyl (C=O) groups is 1. The van der Waals surface area contributed by atoms with Crippen LogP contribution >= 0.6 is 0 Å². The first-order valence-corrected chi connectivity index (χ1v) is 13.6. The highest BCUT2D eigenvalue weighted by molar-refractivity contribution is 5.79. The van der Waals surface area contributed by atoms with Crippen LogP contribution in [0, 0.1) is 48.9 Å². The molecule has 4 heteroatoms. The van der Waals surface area contributed by atoms with Crippen LogP contribution in [-0.4, -0.2) is 22.8 Å². The molecule has 0 heterocycles. The summed E-state index contributed by atoms with van der Waals surface area (Å²) in [6.07, 6.45) is 3.27. The zero-order valence-corrected chi connectivity index (χ0v) is 23.7. The lowest BCUT2D eigenvalue weighted by atomic mass is 9.64. The quantitative estimate of drug-likeness (QED) is 0.425. The van der Waals surface area contributed by atoms with Gasteiger partial charge in [0, 0.05) is 11.5 Å². The molecule has 3 rings (SSSR count). The summed E-state index contributed by atoms with van der Waals surface area (Å²) in [4.78, 5) is 12.7. The van der Waals surface area contributed by atoms with Crippen molar-refractivity contribution >= 4 is 5.97 Å². The van der Waals surface area contributed by atoms with E-state index in [1.54, 1.807) is 0 Å². The molecule has 0 spiro atoms. The van der Waals surface area contributed by atoms with Gasteiger partial charge >= 0.3 is 5.97 Å². The Balaban J connectivity index is 2.27. The van der Waals surface area contributed by atoms with Gasteiger partial charge in [0.15, 0.2) is 6.10 Å². The van der Waals surface area contributed by atoms with Crippen molar-refractivity contribution in [2.24, 2.45) is 23.7 Å². The van der Waals surface area contributed by atoms with Crippen LogP contribution in [-0.2, 0) is 9.53 Å². The van der Waals surface area contributed by atoms with Gasteiger partial charge in [0.1, 0.15) is 0 Å².